The Bertz CT molecular complexity index is 1010. The van der Waals surface area contributed by atoms with E-state index in [4.69, 9.17) is 25.8 Å². The number of barbiturate groups is 1. The van der Waals surface area contributed by atoms with Gasteiger partial charge in [0, 0.05) is 0 Å². The standard InChI is InChI=1S/C21H19ClN2O6/c1-12-5-3-4-6-16(12)29-7-8-30-18-15(22)10-13(11-17(18)28-2)9-14-19(25)23-21(27)24-20(14)26/h3-6,9-11H,7-8H2,1-2H3,(H2,23,24,25,26,27). The predicted octanol–water partition coefficient (Wildman–Crippen LogP) is 2.86. The summed E-state index contributed by atoms with van der Waals surface area (Å²) in [5.41, 5.74) is 1.21. The zero-order chi connectivity index (χ0) is 21.7. The maximum atomic E-state index is 11.9. The molecule has 3 rings (SSSR count). The van der Waals surface area contributed by atoms with Crippen LogP contribution in [0, 0.1) is 6.92 Å². The first-order valence-corrected chi connectivity index (χ1v) is 9.34. The summed E-state index contributed by atoms with van der Waals surface area (Å²) in [6, 6.07) is 9.86. The maximum absolute atomic E-state index is 11.9. The number of hydrogen-bond donors (Lipinski definition) is 2. The summed E-state index contributed by atoms with van der Waals surface area (Å²) in [6.45, 7) is 2.47. The van der Waals surface area contributed by atoms with Crippen LogP contribution in [0.1, 0.15) is 11.1 Å². The van der Waals surface area contributed by atoms with Crippen LogP contribution in [0.3, 0.4) is 0 Å². The number of nitrogens with one attached hydrogen (secondary N) is 2. The molecule has 0 radical (unpaired) electrons. The lowest BCUT2D eigenvalue weighted by atomic mass is 10.1. The van der Waals surface area contributed by atoms with Gasteiger partial charge in [0.15, 0.2) is 11.5 Å². The van der Waals surface area contributed by atoms with E-state index in [9.17, 15) is 14.4 Å². The topological polar surface area (TPSA) is 103 Å². The van der Waals surface area contributed by atoms with E-state index in [-0.39, 0.29) is 17.2 Å². The molecule has 0 spiro atoms. The van der Waals surface area contributed by atoms with Crippen LogP contribution >= 0.6 is 11.6 Å². The minimum atomic E-state index is -0.866. The van der Waals surface area contributed by atoms with Gasteiger partial charge < -0.3 is 14.2 Å². The van der Waals surface area contributed by atoms with Crippen LogP contribution in [0.4, 0.5) is 4.79 Å². The molecule has 0 aliphatic carbocycles. The molecule has 2 aromatic carbocycles. The van der Waals surface area contributed by atoms with Crippen LogP contribution in [0.15, 0.2) is 42.0 Å². The third-order valence-corrected chi connectivity index (χ3v) is 4.47. The SMILES string of the molecule is COc1cc(C=C2C(=O)NC(=O)NC2=O)cc(Cl)c1OCCOc1ccccc1C. The van der Waals surface area contributed by atoms with Gasteiger partial charge >= 0.3 is 6.03 Å². The Kier molecular flexibility index (Phi) is 6.58. The molecule has 156 valence electrons. The van der Waals surface area contributed by atoms with Gasteiger partial charge in [-0.3, -0.25) is 20.2 Å². The first kappa shape index (κ1) is 21.2. The minimum absolute atomic E-state index is 0.220. The number of halogens is 1. The van der Waals surface area contributed by atoms with E-state index in [2.05, 4.69) is 0 Å². The van der Waals surface area contributed by atoms with Crippen molar-refractivity contribution in [3.8, 4) is 17.2 Å². The van der Waals surface area contributed by atoms with Crippen molar-refractivity contribution in [1.82, 2.24) is 10.6 Å². The summed E-state index contributed by atoms with van der Waals surface area (Å²) >= 11 is 6.32. The van der Waals surface area contributed by atoms with E-state index in [0.717, 1.165) is 11.3 Å². The smallest absolute Gasteiger partial charge is 0.328 e. The van der Waals surface area contributed by atoms with Gasteiger partial charge in [-0.2, -0.15) is 0 Å². The Morgan fingerprint density at radius 2 is 1.63 bits per heavy atom. The second-order valence-corrected chi connectivity index (χ2v) is 6.70. The maximum Gasteiger partial charge on any atom is 0.328 e. The molecule has 2 N–H and O–H groups in total. The Hall–Kier alpha value is -3.52. The van der Waals surface area contributed by atoms with E-state index < -0.39 is 17.8 Å². The van der Waals surface area contributed by atoms with Crippen molar-refractivity contribution in [1.29, 1.82) is 0 Å². The molecule has 1 heterocycles. The van der Waals surface area contributed by atoms with Gasteiger partial charge in [0.25, 0.3) is 11.8 Å². The first-order chi connectivity index (χ1) is 14.4. The molecule has 0 saturated carbocycles. The first-order valence-electron chi connectivity index (χ1n) is 8.96. The molecule has 0 bridgehead atoms. The largest absolute Gasteiger partial charge is 0.493 e. The zero-order valence-electron chi connectivity index (χ0n) is 16.3. The summed E-state index contributed by atoms with van der Waals surface area (Å²) in [7, 11) is 1.44. The van der Waals surface area contributed by atoms with Crippen molar-refractivity contribution in [3.63, 3.8) is 0 Å². The van der Waals surface area contributed by atoms with Gasteiger partial charge in [-0.1, -0.05) is 29.8 Å². The van der Waals surface area contributed by atoms with Crippen LogP contribution in [0.2, 0.25) is 5.02 Å². The Morgan fingerprint density at radius 1 is 0.967 bits per heavy atom. The highest BCUT2D eigenvalue weighted by Crippen LogP contribution is 2.37. The fraction of sp³-hybridized carbons (Fsp3) is 0.190. The van der Waals surface area contributed by atoms with Crippen LogP contribution in [0.5, 0.6) is 17.2 Å². The molecule has 30 heavy (non-hydrogen) atoms. The third-order valence-electron chi connectivity index (χ3n) is 4.19. The van der Waals surface area contributed by atoms with Crippen molar-refractivity contribution in [3.05, 3.63) is 58.1 Å². The van der Waals surface area contributed by atoms with Gasteiger partial charge in [-0.25, -0.2) is 4.79 Å². The highest BCUT2D eigenvalue weighted by Gasteiger charge is 2.27. The summed E-state index contributed by atoms with van der Waals surface area (Å²) in [5, 5.41) is 4.24. The number of imide groups is 2. The quantitative estimate of drug-likeness (QED) is 0.398. The summed E-state index contributed by atoms with van der Waals surface area (Å²) < 4.78 is 16.7. The van der Waals surface area contributed by atoms with Gasteiger partial charge in [-0.15, -0.1) is 0 Å². The summed E-state index contributed by atoms with van der Waals surface area (Å²) in [4.78, 5) is 34.9. The average Bonchev–Trinajstić information content (AvgIpc) is 2.70. The Balaban J connectivity index is 1.72. The van der Waals surface area contributed by atoms with Crippen LogP contribution in [-0.4, -0.2) is 38.2 Å². The highest BCUT2D eigenvalue weighted by atomic mass is 35.5. The number of carbonyl (C=O) groups is 3. The number of urea groups is 1. The molecule has 2 aromatic rings. The van der Waals surface area contributed by atoms with Crippen molar-refractivity contribution in [2.24, 2.45) is 0 Å². The lowest BCUT2D eigenvalue weighted by molar-refractivity contribution is -0.123. The average molecular weight is 431 g/mol. The molecule has 4 amide bonds. The highest BCUT2D eigenvalue weighted by molar-refractivity contribution is 6.33. The lowest BCUT2D eigenvalue weighted by Gasteiger charge is -2.16. The van der Waals surface area contributed by atoms with E-state index in [1.165, 1.54) is 19.3 Å². The van der Waals surface area contributed by atoms with Crippen LogP contribution in [0.25, 0.3) is 6.08 Å². The van der Waals surface area contributed by atoms with Crippen molar-refractivity contribution in [2.75, 3.05) is 20.3 Å². The molecule has 8 nitrogen and oxygen atoms in total. The normalized spacial score (nSPS) is 13.4. The molecule has 0 unspecified atom stereocenters. The Labute approximate surface area is 177 Å². The predicted molar refractivity (Wildman–Crippen MR) is 110 cm³/mol. The minimum Gasteiger partial charge on any atom is -0.493 e. The van der Waals surface area contributed by atoms with Gasteiger partial charge in [0.1, 0.15) is 24.5 Å². The number of ether oxygens (including phenoxy) is 3. The van der Waals surface area contributed by atoms with Crippen molar-refractivity contribution < 1.29 is 28.6 Å². The second kappa shape index (κ2) is 9.32. The molecule has 1 fully saturated rings. The Morgan fingerprint density at radius 3 is 2.30 bits per heavy atom. The third kappa shape index (κ3) is 4.90. The van der Waals surface area contributed by atoms with Crippen LogP contribution < -0.4 is 24.8 Å². The molecule has 9 heteroatoms. The van der Waals surface area contributed by atoms with Gasteiger partial charge in [0.2, 0.25) is 0 Å². The fourth-order valence-electron chi connectivity index (χ4n) is 2.75. The van der Waals surface area contributed by atoms with Crippen molar-refractivity contribution >= 4 is 35.5 Å². The number of methoxy groups -OCH3 is 1. The van der Waals surface area contributed by atoms with Crippen molar-refractivity contribution in [2.45, 2.75) is 6.92 Å². The van der Waals surface area contributed by atoms with E-state index in [1.807, 2.05) is 41.8 Å². The number of rotatable bonds is 7. The number of benzene rings is 2. The molecule has 1 aliphatic heterocycles. The van der Waals surface area contributed by atoms with Gasteiger partial charge in [0.05, 0.1) is 12.1 Å². The summed E-state index contributed by atoms with van der Waals surface area (Å²) in [5.74, 6) is -0.205. The molecular formula is C21H19ClN2O6. The molecule has 0 atom stereocenters. The van der Waals surface area contributed by atoms with Crippen LogP contribution in [-0.2, 0) is 9.59 Å². The lowest BCUT2D eigenvalue weighted by Crippen LogP contribution is -2.51. The fourth-order valence-corrected chi connectivity index (χ4v) is 3.02. The number of amides is 4. The number of carbonyl (C=O) groups excluding carboxylic acids is 3. The molecule has 1 aliphatic rings. The van der Waals surface area contributed by atoms with E-state index >= 15 is 0 Å². The summed E-state index contributed by atoms with van der Waals surface area (Å²) in [6.07, 6.45) is 1.30. The number of hydrogen-bond acceptors (Lipinski definition) is 6. The van der Waals surface area contributed by atoms with E-state index in [1.54, 1.807) is 6.07 Å². The van der Waals surface area contributed by atoms with E-state index in [0.29, 0.717) is 23.7 Å². The number of para-hydroxylation sites is 1. The molecular weight excluding hydrogens is 412 g/mol. The van der Waals surface area contributed by atoms with Gasteiger partial charge in [-0.05, 0) is 42.3 Å². The number of aryl methyl sites for hydroxylation is 1. The zero-order valence-corrected chi connectivity index (χ0v) is 17.0. The monoisotopic (exact) mass is 430 g/mol. The molecule has 0 aromatic heterocycles. The second-order valence-electron chi connectivity index (χ2n) is 6.29. The molecule has 1 saturated heterocycles.